The fourth-order valence-corrected chi connectivity index (χ4v) is 2.91. The number of β-amino-alcohol motifs (C(OH)–C–C–N with tert-alkyl or cyclic N) is 1. The number of piperidine rings is 1. The molecule has 0 bridgehead atoms. The predicted molar refractivity (Wildman–Crippen MR) is 78.9 cm³/mol. The molecule has 1 N–H and O–H groups in total. The van der Waals surface area contributed by atoms with Crippen LogP contribution in [0.5, 0.6) is 0 Å². The molecule has 3 heteroatoms. The summed E-state index contributed by atoms with van der Waals surface area (Å²) in [5.41, 5.74) is -0.349. The predicted octanol–water partition coefficient (Wildman–Crippen LogP) is 2.14. The molecular weight excluding hydrogens is 238 g/mol. The Kier molecular flexibility index (Phi) is 6.32. The first-order valence-electron chi connectivity index (χ1n) is 7.30. The van der Waals surface area contributed by atoms with E-state index in [1.54, 1.807) is 0 Å². The van der Waals surface area contributed by atoms with Gasteiger partial charge in [0.15, 0.2) is 0 Å². The largest absolute Gasteiger partial charge is 0.389 e. The van der Waals surface area contributed by atoms with E-state index in [4.69, 9.17) is 11.2 Å². The molecule has 110 valence electrons. The van der Waals surface area contributed by atoms with Gasteiger partial charge in [-0.2, -0.15) is 0 Å². The second-order valence-corrected chi connectivity index (χ2v) is 6.77. The monoisotopic (exact) mass is 267 g/mol. The third kappa shape index (κ3) is 6.42. The Hall–Kier alpha value is -0.560. The van der Waals surface area contributed by atoms with Crippen LogP contribution in [-0.2, 0) is 4.74 Å². The number of rotatable bonds is 6. The maximum Gasteiger partial charge on any atom is 0.0900 e. The molecule has 1 rings (SSSR count). The fourth-order valence-electron chi connectivity index (χ4n) is 2.91. The Balaban J connectivity index is 2.31. The Morgan fingerprint density at radius 3 is 2.47 bits per heavy atom. The summed E-state index contributed by atoms with van der Waals surface area (Å²) in [5.74, 6) is 4.04. The van der Waals surface area contributed by atoms with E-state index >= 15 is 0 Å². The number of aliphatic hydroxyl groups is 1. The third-order valence-corrected chi connectivity index (χ3v) is 3.61. The minimum absolute atomic E-state index is 0.349. The molecule has 0 saturated carbocycles. The van der Waals surface area contributed by atoms with Gasteiger partial charge in [0.1, 0.15) is 0 Å². The van der Waals surface area contributed by atoms with Gasteiger partial charge in [0.05, 0.1) is 18.3 Å². The van der Waals surface area contributed by atoms with Gasteiger partial charge in [-0.05, 0) is 32.1 Å². The van der Waals surface area contributed by atoms with Crippen LogP contribution < -0.4 is 0 Å². The zero-order chi connectivity index (χ0) is 14.5. The highest BCUT2D eigenvalue weighted by Gasteiger charge is 2.24. The van der Waals surface area contributed by atoms with Gasteiger partial charge in [0.2, 0.25) is 0 Å². The summed E-state index contributed by atoms with van der Waals surface area (Å²) >= 11 is 0. The number of terminal acetylenes is 1. The van der Waals surface area contributed by atoms with Gasteiger partial charge in [-0.3, -0.25) is 0 Å². The van der Waals surface area contributed by atoms with Crippen LogP contribution in [0.4, 0.5) is 0 Å². The molecule has 1 aliphatic rings. The van der Waals surface area contributed by atoms with Crippen molar-refractivity contribution in [3.8, 4) is 12.3 Å². The first kappa shape index (κ1) is 16.5. The van der Waals surface area contributed by atoms with Crippen molar-refractivity contribution in [1.29, 1.82) is 0 Å². The highest BCUT2D eigenvalue weighted by molar-refractivity contribution is 4.92. The van der Waals surface area contributed by atoms with Gasteiger partial charge in [-0.25, -0.2) is 0 Å². The summed E-state index contributed by atoms with van der Waals surface area (Å²) in [5, 5.41) is 10.1. The number of nitrogens with zero attached hydrogens (tertiary/aromatic N) is 1. The normalized spacial score (nSPS) is 26.9. The molecule has 0 amide bonds. The maximum atomic E-state index is 10.1. The first-order valence-corrected chi connectivity index (χ1v) is 7.30. The van der Waals surface area contributed by atoms with Crippen molar-refractivity contribution in [3.05, 3.63) is 0 Å². The van der Waals surface area contributed by atoms with Gasteiger partial charge in [-0.15, -0.1) is 12.3 Å². The van der Waals surface area contributed by atoms with Crippen LogP contribution in [0.1, 0.15) is 40.5 Å². The standard InChI is InChI=1S/C16H29NO2/c1-6-7-16(4,5)19-12-15(18)11-17-9-13(2)8-14(3)10-17/h1,13-15,18H,7-12H2,2-5H3/t13-,14-,15+/m1/s1. The number of ether oxygens (including phenoxy) is 1. The van der Waals surface area contributed by atoms with Crippen LogP contribution in [0.2, 0.25) is 0 Å². The molecule has 3 nitrogen and oxygen atoms in total. The van der Waals surface area contributed by atoms with E-state index in [-0.39, 0.29) is 5.60 Å². The molecule has 1 heterocycles. The van der Waals surface area contributed by atoms with E-state index in [9.17, 15) is 5.11 Å². The molecule has 3 atom stereocenters. The summed E-state index contributed by atoms with van der Waals surface area (Å²) < 4.78 is 5.71. The Morgan fingerprint density at radius 1 is 1.37 bits per heavy atom. The van der Waals surface area contributed by atoms with Gasteiger partial charge in [0, 0.05) is 26.1 Å². The molecule has 19 heavy (non-hydrogen) atoms. The maximum absolute atomic E-state index is 10.1. The van der Waals surface area contributed by atoms with E-state index in [1.807, 2.05) is 13.8 Å². The van der Waals surface area contributed by atoms with Crippen molar-refractivity contribution in [2.45, 2.75) is 52.2 Å². The molecular formula is C16H29NO2. The van der Waals surface area contributed by atoms with E-state index in [0.717, 1.165) is 24.9 Å². The second-order valence-electron chi connectivity index (χ2n) is 6.77. The van der Waals surface area contributed by atoms with E-state index < -0.39 is 6.10 Å². The molecule has 0 aromatic rings. The van der Waals surface area contributed by atoms with Crippen LogP contribution in [-0.4, -0.2) is 48.0 Å². The van der Waals surface area contributed by atoms with Crippen LogP contribution in [0.25, 0.3) is 0 Å². The number of aliphatic hydroxyl groups excluding tert-OH is 1. The van der Waals surface area contributed by atoms with E-state index in [1.165, 1.54) is 6.42 Å². The molecule has 0 aromatic heterocycles. The SMILES string of the molecule is C#CCC(C)(C)OC[C@@H](O)CN1C[C@H](C)C[C@@H](C)C1. The number of likely N-dealkylation sites (tertiary alicyclic amines) is 1. The van der Waals surface area contributed by atoms with Crippen molar-refractivity contribution in [2.75, 3.05) is 26.2 Å². The lowest BCUT2D eigenvalue weighted by atomic mass is 9.92. The minimum Gasteiger partial charge on any atom is -0.389 e. The average Bonchev–Trinajstić information content (AvgIpc) is 2.25. The number of hydrogen-bond acceptors (Lipinski definition) is 3. The van der Waals surface area contributed by atoms with Crippen LogP contribution in [0.15, 0.2) is 0 Å². The summed E-state index contributed by atoms with van der Waals surface area (Å²) in [6, 6.07) is 0. The van der Waals surface area contributed by atoms with Gasteiger partial charge >= 0.3 is 0 Å². The van der Waals surface area contributed by atoms with Crippen molar-refractivity contribution in [1.82, 2.24) is 4.90 Å². The number of hydrogen-bond donors (Lipinski definition) is 1. The Labute approximate surface area is 118 Å². The summed E-state index contributed by atoms with van der Waals surface area (Å²) in [7, 11) is 0. The zero-order valence-electron chi connectivity index (χ0n) is 12.9. The van der Waals surface area contributed by atoms with Gasteiger partial charge in [0.25, 0.3) is 0 Å². The van der Waals surface area contributed by atoms with Crippen LogP contribution in [0, 0.1) is 24.2 Å². The molecule has 0 unspecified atom stereocenters. The molecule has 0 aliphatic carbocycles. The molecule has 1 saturated heterocycles. The lowest BCUT2D eigenvalue weighted by Gasteiger charge is -2.36. The highest BCUT2D eigenvalue weighted by Crippen LogP contribution is 2.21. The Bertz CT molecular complexity index is 298. The lowest BCUT2D eigenvalue weighted by Crippen LogP contribution is -2.44. The highest BCUT2D eigenvalue weighted by atomic mass is 16.5. The summed E-state index contributed by atoms with van der Waals surface area (Å²) in [6.07, 6.45) is 6.72. The van der Waals surface area contributed by atoms with Crippen LogP contribution >= 0.6 is 0 Å². The molecule has 1 fully saturated rings. The second kappa shape index (κ2) is 7.28. The fraction of sp³-hybridized carbons (Fsp3) is 0.875. The summed E-state index contributed by atoms with van der Waals surface area (Å²) in [6.45, 7) is 11.7. The topological polar surface area (TPSA) is 32.7 Å². The third-order valence-electron chi connectivity index (χ3n) is 3.61. The van der Waals surface area contributed by atoms with Gasteiger partial charge < -0.3 is 14.7 Å². The van der Waals surface area contributed by atoms with Gasteiger partial charge in [-0.1, -0.05) is 13.8 Å². The Morgan fingerprint density at radius 2 is 1.95 bits per heavy atom. The smallest absolute Gasteiger partial charge is 0.0900 e. The molecule has 0 spiro atoms. The molecule has 0 radical (unpaired) electrons. The molecule has 1 aliphatic heterocycles. The zero-order valence-corrected chi connectivity index (χ0v) is 12.9. The quantitative estimate of drug-likeness (QED) is 0.749. The van der Waals surface area contributed by atoms with Crippen molar-refractivity contribution in [2.24, 2.45) is 11.8 Å². The van der Waals surface area contributed by atoms with Crippen molar-refractivity contribution < 1.29 is 9.84 Å². The van der Waals surface area contributed by atoms with E-state index in [0.29, 0.717) is 19.6 Å². The first-order chi connectivity index (χ1) is 8.82. The average molecular weight is 267 g/mol. The minimum atomic E-state index is -0.436. The van der Waals surface area contributed by atoms with Crippen molar-refractivity contribution in [3.63, 3.8) is 0 Å². The van der Waals surface area contributed by atoms with Crippen molar-refractivity contribution >= 4 is 0 Å². The summed E-state index contributed by atoms with van der Waals surface area (Å²) in [4.78, 5) is 2.35. The lowest BCUT2D eigenvalue weighted by molar-refractivity contribution is -0.0661. The van der Waals surface area contributed by atoms with E-state index in [2.05, 4.69) is 24.7 Å². The van der Waals surface area contributed by atoms with Crippen LogP contribution in [0.3, 0.4) is 0 Å². The molecule has 0 aromatic carbocycles.